The monoisotopic (exact) mass is 793 g/mol. The molecule has 273 valence electrons. The van der Waals surface area contributed by atoms with E-state index in [-0.39, 0.29) is 5.41 Å². The molecule has 0 saturated heterocycles. The van der Waals surface area contributed by atoms with Crippen LogP contribution in [0, 0.1) is 0 Å². The third-order valence-electron chi connectivity index (χ3n) is 12.4. The number of benzene rings is 8. The van der Waals surface area contributed by atoms with Gasteiger partial charge in [0.2, 0.25) is 0 Å². The van der Waals surface area contributed by atoms with E-state index in [2.05, 4.69) is 184 Å². The fourth-order valence-corrected chi connectivity index (χ4v) is 12.9. The van der Waals surface area contributed by atoms with Crippen LogP contribution in [0.4, 0.5) is 11.4 Å². The average Bonchev–Trinajstić information content (AvgIpc) is 3.98. The molecule has 0 fully saturated rings. The van der Waals surface area contributed by atoms with E-state index in [1.807, 2.05) is 34.0 Å². The lowest BCUT2D eigenvalue weighted by molar-refractivity contribution is 0.590. The predicted molar refractivity (Wildman–Crippen MR) is 258 cm³/mol. The van der Waals surface area contributed by atoms with Crippen LogP contribution in [0.3, 0.4) is 0 Å². The molecule has 0 atom stereocenters. The molecule has 1 radical (unpaired) electrons. The first kappa shape index (κ1) is 33.1. The van der Waals surface area contributed by atoms with Crippen molar-refractivity contribution in [2.24, 2.45) is 0 Å². The summed E-state index contributed by atoms with van der Waals surface area (Å²) in [6.45, 7) is 6.82. The Balaban J connectivity index is 1.12. The summed E-state index contributed by atoms with van der Waals surface area (Å²) < 4.78 is 10.5. The predicted octanol–water partition coefficient (Wildman–Crippen LogP) is 14.6. The van der Waals surface area contributed by atoms with Gasteiger partial charge in [0, 0.05) is 94.0 Å². The van der Waals surface area contributed by atoms with Crippen LogP contribution < -0.4 is 16.2 Å². The summed E-state index contributed by atoms with van der Waals surface area (Å²) in [6, 6.07) is 55.0. The zero-order chi connectivity index (χ0) is 38.4. The Labute approximate surface area is 347 Å². The van der Waals surface area contributed by atoms with Gasteiger partial charge in [-0.15, -0.1) is 34.0 Å². The SMILES string of the molecule is CC(C)(C)c1ccc(Nc2cc3sc4ccccc4c3cc2-c2ccc3c4cc5c(cc4n4c3c2[B]c2cc3c(cc2-4)sc2ccccc23)sc2ccccc25)cc1. The zero-order valence-electron chi connectivity index (χ0n) is 32.1. The minimum absolute atomic E-state index is 0.0887. The molecule has 5 heterocycles. The van der Waals surface area contributed by atoms with E-state index in [1.54, 1.807) is 0 Å². The Morgan fingerprint density at radius 3 is 1.72 bits per heavy atom. The van der Waals surface area contributed by atoms with Gasteiger partial charge in [0.05, 0.1) is 5.52 Å². The molecule has 6 heteroatoms. The fraction of sp³-hybridized carbons (Fsp3) is 0.0769. The van der Waals surface area contributed by atoms with Crippen molar-refractivity contribution in [3.05, 3.63) is 151 Å². The average molecular weight is 794 g/mol. The largest absolute Gasteiger partial charge is 0.355 e. The standard InChI is InChI=1S/C52H34BN2S3/c1-52(2,3)28-16-18-29(19-17-28)54-41-25-47-37(30-10-4-7-13-44(30)56-47)22-35(41)33-20-21-34-36-23-38-31-11-5-8-14-45(31)57-48(38)26-42(36)55-43-27-49-39(24-40(43)53-50(33)51(34)55)32-12-6-9-15-46(32)58-49/h4-27,54H,1-3H3. The smallest absolute Gasteiger partial charge is 0.197 e. The highest BCUT2D eigenvalue weighted by molar-refractivity contribution is 7.26. The second-order valence-electron chi connectivity index (χ2n) is 16.8. The van der Waals surface area contributed by atoms with E-state index in [9.17, 15) is 0 Å². The van der Waals surface area contributed by atoms with Gasteiger partial charge in [-0.25, -0.2) is 0 Å². The number of thiophene rings is 3. The van der Waals surface area contributed by atoms with Gasteiger partial charge in [-0.05, 0) is 88.1 Å². The van der Waals surface area contributed by atoms with Gasteiger partial charge in [-0.2, -0.15) is 0 Å². The van der Waals surface area contributed by atoms with Gasteiger partial charge in [0.25, 0.3) is 0 Å². The van der Waals surface area contributed by atoms with Crippen LogP contribution in [0.25, 0.3) is 99.1 Å². The van der Waals surface area contributed by atoms with Gasteiger partial charge in [0.15, 0.2) is 7.28 Å². The second-order valence-corrected chi connectivity index (χ2v) is 20.1. The van der Waals surface area contributed by atoms with Crippen molar-refractivity contribution in [1.82, 2.24) is 4.57 Å². The highest BCUT2D eigenvalue weighted by Gasteiger charge is 2.28. The summed E-state index contributed by atoms with van der Waals surface area (Å²) in [4.78, 5) is 0. The lowest BCUT2D eigenvalue weighted by atomic mass is 9.59. The molecule has 0 unspecified atom stereocenters. The normalized spacial score (nSPS) is 12.9. The molecule has 0 saturated carbocycles. The quantitative estimate of drug-likeness (QED) is 0.176. The molecule has 58 heavy (non-hydrogen) atoms. The van der Waals surface area contributed by atoms with Crippen molar-refractivity contribution < 1.29 is 0 Å². The van der Waals surface area contributed by atoms with Crippen LogP contribution in [-0.4, -0.2) is 11.8 Å². The molecular weight excluding hydrogens is 760 g/mol. The zero-order valence-corrected chi connectivity index (χ0v) is 34.6. The van der Waals surface area contributed by atoms with E-state index in [1.165, 1.54) is 116 Å². The summed E-state index contributed by atoms with van der Waals surface area (Å²) in [5.41, 5.74) is 12.4. The highest BCUT2D eigenvalue weighted by Crippen LogP contribution is 2.45. The van der Waals surface area contributed by atoms with E-state index >= 15 is 0 Å². The van der Waals surface area contributed by atoms with E-state index in [0.29, 0.717) is 0 Å². The Morgan fingerprint density at radius 2 is 1.07 bits per heavy atom. The van der Waals surface area contributed by atoms with Crippen molar-refractivity contribution in [3.63, 3.8) is 0 Å². The first-order chi connectivity index (χ1) is 28.3. The Morgan fingerprint density at radius 1 is 0.483 bits per heavy atom. The van der Waals surface area contributed by atoms with Gasteiger partial charge < -0.3 is 9.88 Å². The van der Waals surface area contributed by atoms with Crippen LogP contribution in [0.2, 0.25) is 0 Å². The molecule has 8 aromatic carbocycles. The van der Waals surface area contributed by atoms with Crippen LogP contribution in [-0.2, 0) is 5.41 Å². The summed E-state index contributed by atoms with van der Waals surface area (Å²) in [5.74, 6) is 0. The minimum atomic E-state index is 0.0887. The maximum Gasteiger partial charge on any atom is 0.197 e. The molecular formula is C52H34BN2S3. The highest BCUT2D eigenvalue weighted by atomic mass is 32.1. The van der Waals surface area contributed by atoms with Crippen LogP contribution in [0.1, 0.15) is 26.3 Å². The van der Waals surface area contributed by atoms with Gasteiger partial charge in [-0.3, -0.25) is 0 Å². The van der Waals surface area contributed by atoms with Gasteiger partial charge >= 0.3 is 0 Å². The van der Waals surface area contributed by atoms with Crippen molar-refractivity contribution in [2.45, 2.75) is 26.2 Å². The molecule has 0 spiro atoms. The summed E-state index contributed by atoms with van der Waals surface area (Å²) in [5, 5.41) is 14.4. The molecule has 0 amide bonds. The third-order valence-corrected chi connectivity index (χ3v) is 15.8. The van der Waals surface area contributed by atoms with E-state index < -0.39 is 0 Å². The first-order valence-electron chi connectivity index (χ1n) is 19.9. The second kappa shape index (κ2) is 11.8. The van der Waals surface area contributed by atoms with Crippen LogP contribution in [0.5, 0.6) is 0 Å². The molecule has 0 bridgehead atoms. The number of hydrogen-bond acceptors (Lipinski definition) is 4. The topological polar surface area (TPSA) is 17.0 Å². The van der Waals surface area contributed by atoms with Crippen molar-refractivity contribution in [2.75, 3.05) is 5.32 Å². The number of nitrogens with one attached hydrogen (secondary N) is 1. The molecule has 13 rings (SSSR count). The van der Waals surface area contributed by atoms with Crippen molar-refractivity contribution in [1.29, 1.82) is 0 Å². The molecule has 1 aliphatic heterocycles. The fourth-order valence-electron chi connectivity index (χ4n) is 9.53. The van der Waals surface area contributed by atoms with E-state index in [0.717, 1.165) is 11.4 Å². The summed E-state index contributed by atoms with van der Waals surface area (Å²) in [6.07, 6.45) is 0. The maximum absolute atomic E-state index is 3.93. The number of nitrogens with zero attached hydrogens (tertiary/aromatic N) is 1. The summed E-state index contributed by atoms with van der Waals surface area (Å²) >= 11 is 5.66. The molecule has 2 nitrogen and oxygen atoms in total. The maximum atomic E-state index is 3.93. The molecule has 4 aromatic heterocycles. The van der Waals surface area contributed by atoms with Gasteiger partial charge in [-0.1, -0.05) is 111 Å². The van der Waals surface area contributed by atoms with E-state index in [4.69, 9.17) is 0 Å². The minimum Gasteiger partial charge on any atom is -0.355 e. The summed E-state index contributed by atoms with van der Waals surface area (Å²) in [7, 11) is 2.48. The molecule has 1 N–H and O–H groups in total. The number of aromatic nitrogens is 1. The lowest BCUT2D eigenvalue weighted by Crippen LogP contribution is -2.37. The Bertz CT molecular complexity index is 3720. The number of hydrogen-bond donors (Lipinski definition) is 1. The molecule has 0 aliphatic carbocycles. The first-order valence-corrected chi connectivity index (χ1v) is 22.4. The Kier molecular flexibility index (Phi) is 6.75. The van der Waals surface area contributed by atoms with Gasteiger partial charge in [0.1, 0.15) is 0 Å². The third kappa shape index (κ3) is 4.71. The lowest BCUT2D eigenvalue weighted by Gasteiger charge is -2.24. The Hall–Kier alpha value is -5.92. The van der Waals surface area contributed by atoms with Crippen LogP contribution in [0.15, 0.2) is 146 Å². The number of fused-ring (bicyclic) bond motifs is 14. The van der Waals surface area contributed by atoms with Crippen molar-refractivity contribution in [3.8, 4) is 16.8 Å². The van der Waals surface area contributed by atoms with Crippen LogP contribution >= 0.6 is 34.0 Å². The molecule has 12 aromatic rings. The van der Waals surface area contributed by atoms with Crippen molar-refractivity contribution >= 4 is 146 Å². The number of anilines is 2. The molecule has 1 aliphatic rings. The number of rotatable bonds is 3.